The number of alkyl halides is 3. The number of anilines is 4. The van der Waals surface area contributed by atoms with Crippen LogP contribution in [0.25, 0.3) is 0 Å². The summed E-state index contributed by atoms with van der Waals surface area (Å²) < 4.78 is 39.1. The molecule has 5 nitrogen and oxygen atoms in total. The molecule has 0 aliphatic carbocycles. The van der Waals surface area contributed by atoms with E-state index in [9.17, 15) is 18.0 Å². The molecule has 3 N–H and O–H groups in total. The quantitative estimate of drug-likeness (QED) is 0.567. The highest BCUT2D eigenvalue weighted by Gasteiger charge is 2.33. The van der Waals surface area contributed by atoms with Gasteiger partial charge in [0.1, 0.15) is 5.82 Å². The van der Waals surface area contributed by atoms with E-state index in [1.54, 1.807) is 24.3 Å². The molecule has 27 heavy (non-hydrogen) atoms. The van der Waals surface area contributed by atoms with Gasteiger partial charge in [-0.3, -0.25) is 0 Å². The Bertz CT molecular complexity index is 912. The van der Waals surface area contributed by atoms with E-state index in [1.165, 1.54) is 36.5 Å². The largest absolute Gasteiger partial charge is 0.418 e. The molecule has 3 aromatic rings. The van der Waals surface area contributed by atoms with Crippen molar-refractivity contribution in [2.24, 2.45) is 0 Å². The minimum Gasteiger partial charge on any atom is -0.340 e. The van der Waals surface area contributed by atoms with E-state index >= 15 is 0 Å². The van der Waals surface area contributed by atoms with Crippen molar-refractivity contribution in [3.8, 4) is 0 Å². The molecule has 2 amide bonds. The van der Waals surface area contributed by atoms with E-state index in [-0.39, 0.29) is 11.5 Å². The van der Waals surface area contributed by atoms with Gasteiger partial charge < -0.3 is 16.0 Å². The summed E-state index contributed by atoms with van der Waals surface area (Å²) in [6, 6.07) is 16.6. The number of hydrogen-bond acceptors (Lipinski definition) is 3. The molecule has 3 rings (SSSR count). The molecule has 0 spiro atoms. The van der Waals surface area contributed by atoms with Crippen molar-refractivity contribution in [1.82, 2.24) is 4.98 Å². The van der Waals surface area contributed by atoms with Crippen LogP contribution in [0.3, 0.4) is 0 Å². The number of aromatic nitrogens is 1. The number of rotatable bonds is 4. The van der Waals surface area contributed by atoms with Gasteiger partial charge in [-0.25, -0.2) is 9.78 Å². The van der Waals surface area contributed by atoms with Gasteiger partial charge in [-0.2, -0.15) is 13.2 Å². The second-order valence-corrected chi connectivity index (χ2v) is 5.55. The molecule has 0 fully saturated rings. The highest BCUT2D eigenvalue weighted by atomic mass is 19.4. The van der Waals surface area contributed by atoms with Crippen LogP contribution in [0.4, 0.5) is 40.8 Å². The maximum Gasteiger partial charge on any atom is 0.418 e. The number of carbonyl (C=O) groups excluding carboxylic acids is 1. The summed E-state index contributed by atoms with van der Waals surface area (Å²) in [5.74, 6) is 0.223. The summed E-state index contributed by atoms with van der Waals surface area (Å²) >= 11 is 0. The fourth-order valence-corrected chi connectivity index (χ4v) is 2.33. The van der Waals surface area contributed by atoms with Gasteiger partial charge in [0.15, 0.2) is 0 Å². The number of urea groups is 1. The predicted molar refractivity (Wildman–Crippen MR) is 98.0 cm³/mol. The van der Waals surface area contributed by atoms with Gasteiger partial charge in [-0.05, 0) is 36.4 Å². The van der Waals surface area contributed by atoms with E-state index in [0.717, 1.165) is 6.07 Å². The third-order valence-corrected chi connectivity index (χ3v) is 3.55. The molecule has 2 aromatic carbocycles. The van der Waals surface area contributed by atoms with Gasteiger partial charge in [0.25, 0.3) is 0 Å². The van der Waals surface area contributed by atoms with Crippen molar-refractivity contribution in [2.75, 3.05) is 16.0 Å². The third-order valence-electron chi connectivity index (χ3n) is 3.55. The third kappa shape index (κ3) is 4.97. The molecule has 0 atom stereocenters. The Labute approximate surface area is 153 Å². The fraction of sp³-hybridized carbons (Fsp3) is 0.0526. The normalized spacial score (nSPS) is 10.9. The predicted octanol–water partition coefficient (Wildman–Crippen LogP) is 5.49. The summed E-state index contributed by atoms with van der Waals surface area (Å²) in [5, 5.41) is 7.89. The van der Waals surface area contributed by atoms with E-state index in [2.05, 4.69) is 20.9 Å². The Balaban J connectivity index is 1.65. The number of carbonyl (C=O) groups is 1. The Hall–Kier alpha value is -3.55. The highest BCUT2D eigenvalue weighted by molar-refractivity contribution is 5.99. The van der Waals surface area contributed by atoms with Crippen molar-refractivity contribution >= 4 is 28.9 Å². The maximum absolute atomic E-state index is 13.0. The lowest BCUT2D eigenvalue weighted by molar-refractivity contribution is -0.136. The zero-order chi connectivity index (χ0) is 19.3. The van der Waals surface area contributed by atoms with Crippen LogP contribution in [0.1, 0.15) is 5.56 Å². The van der Waals surface area contributed by atoms with Gasteiger partial charge in [0.05, 0.1) is 23.1 Å². The SMILES string of the molecule is O=C(Nc1ccccc1)Nc1ccc(Nc2ccccc2C(F)(F)F)nc1. The lowest BCUT2D eigenvalue weighted by atomic mass is 10.1. The lowest BCUT2D eigenvalue weighted by Gasteiger charge is -2.14. The van der Waals surface area contributed by atoms with Crippen LogP contribution in [0.5, 0.6) is 0 Å². The van der Waals surface area contributed by atoms with E-state index in [0.29, 0.717) is 11.4 Å². The maximum atomic E-state index is 13.0. The van der Waals surface area contributed by atoms with Crippen LogP contribution >= 0.6 is 0 Å². The number of nitrogens with zero attached hydrogens (tertiary/aromatic N) is 1. The first-order chi connectivity index (χ1) is 12.9. The van der Waals surface area contributed by atoms with Crippen LogP contribution in [0.15, 0.2) is 72.9 Å². The number of amides is 2. The molecule has 0 aliphatic rings. The second-order valence-electron chi connectivity index (χ2n) is 5.55. The van der Waals surface area contributed by atoms with E-state index in [1.807, 2.05) is 6.07 Å². The number of benzene rings is 2. The standard InChI is InChI=1S/C19H15F3N4O/c20-19(21,22)15-8-4-5-9-16(15)26-17-11-10-14(12-23-17)25-18(27)24-13-6-2-1-3-7-13/h1-12H,(H,23,26)(H2,24,25,27). The summed E-state index contributed by atoms with van der Waals surface area (Å²) in [7, 11) is 0. The number of halogens is 3. The molecule has 138 valence electrons. The van der Waals surface area contributed by atoms with Crippen LogP contribution in [0.2, 0.25) is 0 Å². The molecule has 0 unspecified atom stereocenters. The van der Waals surface area contributed by atoms with Crippen molar-refractivity contribution < 1.29 is 18.0 Å². The zero-order valence-corrected chi connectivity index (χ0v) is 13.9. The van der Waals surface area contributed by atoms with Gasteiger partial charge in [-0.15, -0.1) is 0 Å². The first kappa shape index (κ1) is 18.2. The molecule has 1 heterocycles. The van der Waals surface area contributed by atoms with Crippen molar-refractivity contribution in [2.45, 2.75) is 6.18 Å². The summed E-state index contributed by atoms with van der Waals surface area (Å²) in [6.45, 7) is 0. The molecule has 0 saturated heterocycles. The molecule has 0 aliphatic heterocycles. The Morgan fingerprint density at radius 3 is 2.15 bits per heavy atom. The van der Waals surface area contributed by atoms with Gasteiger partial charge >= 0.3 is 12.2 Å². The number of hydrogen-bond donors (Lipinski definition) is 3. The zero-order valence-electron chi connectivity index (χ0n) is 13.9. The Kier molecular flexibility index (Phi) is 5.25. The van der Waals surface area contributed by atoms with Crippen molar-refractivity contribution in [3.63, 3.8) is 0 Å². The van der Waals surface area contributed by atoms with Crippen LogP contribution in [-0.2, 0) is 6.18 Å². The average molecular weight is 372 g/mol. The fourth-order valence-electron chi connectivity index (χ4n) is 2.33. The lowest BCUT2D eigenvalue weighted by Crippen LogP contribution is -2.19. The highest BCUT2D eigenvalue weighted by Crippen LogP contribution is 2.35. The van der Waals surface area contributed by atoms with Crippen LogP contribution in [-0.4, -0.2) is 11.0 Å². The van der Waals surface area contributed by atoms with Gasteiger partial charge in [-0.1, -0.05) is 30.3 Å². The van der Waals surface area contributed by atoms with E-state index < -0.39 is 17.8 Å². The van der Waals surface area contributed by atoms with Crippen LogP contribution in [0, 0.1) is 0 Å². The molecule has 1 aromatic heterocycles. The average Bonchev–Trinajstić information content (AvgIpc) is 2.64. The minimum absolute atomic E-state index is 0.0972. The molecule has 0 radical (unpaired) electrons. The summed E-state index contributed by atoms with van der Waals surface area (Å²) in [5.41, 5.74) is 0.152. The van der Waals surface area contributed by atoms with E-state index in [4.69, 9.17) is 0 Å². The Morgan fingerprint density at radius 2 is 1.48 bits per heavy atom. The van der Waals surface area contributed by atoms with Gasteiger partial charge in [0, 0.05) is 5.69 Å². The van der Waals surface area contributed by atoms with Gasteiger partial charge in [0.2, 0.25) is 0 Å². The monoisotopic (exact) mass is 372 g/mol. The first-order valence-corrected chi connectivity index (χ1v) is 7.94. The van der Waals surface area contributed by atoms with Crippen LogP contribution < -0.4 is 16.0 Å². The number of pyridine rings is 1. The first-order valence-electron chi connectivity index (χ1n) is 7.94. The van der Waals surface area contributed by atoms with Crippen molar-refractivity contribution in [3.05, 3.63) is 78.5 Å². The molecular formula is C19H15F3N4O. The molecule has 8 heteroatoms. The topological polar surface area (TPSA) is 66.1 Å². The smallest absolute Gasteiger partial charge is 0.340 e. The minimum atomic E-state index is -4.47. The molecular weight excluding hydrogens is 357 g/mol. The molecule has 0 bridgehead atoms. The summed E-state index contributed by atoms with van der Waals surface area (Å²) in [6.07, 6.45) is -3.12. The van der Waals surface area contributed by atoms with Crippen molar-refractivity contribution in [1.29, 1.82) is 0 Å². The summed E-state index contributed by atoms with van der Waals surface area (Å²) in [4.78, 5) is 16.0. The Morgan fingerprint density at radius 1 is 0.815 bits per heavy atom. The number of nitrogens with one attached hydrogen (secondary N) is 3. The number of para-hydroxylation sites is 2. The molecule has 0 saturated carbocycles. The second kappa shape index (κ2) is 7.77.